The van der Waals surface area contributed by atoms with Crippen molar-refractivity contribution >= 4 is 5.69 Å². The number of likely N-dealkylation sites (N-methyl/N-ethyl adjacent to an activating group) is 1. The Morgan fingerprint density at radius 1 is 1.47 bits per heavy atom. The van der Waals surface area contributed by atoms with Gasteiger partial charge >= 0.3 is 0 Å². The van der Waals surface area contributed by atoms with Crippen molar-refractivity contribution in [3.05, 3.63) is 27.7 Å². The first-order valence-corrected chi connectivity index (χ1v) is 6.35. The van der Waals surface area contributed by atoms with Gasteiger partial charge in [0.15, 0.2) is 0 Å². The second-order valence-corrected chi connectivity index (χ2v) is 5.42. The van der Waals surface area contributed by atoms with Crippen molar-refractivity contribution in [1.82, 2.24) is 9.47 Å². The number of nitrogen functional groups attached to an aromatic ring is 1. The minimum absolute atomic E-state index is 0.0141. The lowest BCUT2D eigenvalue weighted by Crippen LogP contribution is -2.35. The molecule has 1 aliphatic carbocycles. The van der Waals surface area contributed by atoms with Crippen LogP contribution in [0.25, 0.3) is 0 Å². The van der Waals surface area contributed by atoms with E-state index < -0.39 is 0 Å². The molecule has 0 aromatic carbocycles. The Kier molecular flexibility index (Phi) is 2.47. The third kappa shape index (κ3) is 1.97. The first kappa shape index (κ1) is 10.8. The molecule has 0 spiro atoms. The molecular formula is C13H19N3O. The van der Waals surface area contributed by atoms with Crippen LogP contribution in [-0.4, -0.2) is 23.1 Å². The van der Waals surface area contributed by atoms with Crippen molar-refractivity contribution in [3.8, 4) is 0 Å². The van der Waals surface area contributed by atoms with Gasteiger partial charge in [0.25, 0.3) is 5.56 Å². The Balaban J connectivity index is 2.07. The van der Waals surface area contributed by atoms with E-state index in [1.54, 1.807) is 0 Å². The van der Waals surface area contributed by atoms with Crippen LogP contribution in [0.15, 0.2) is 10.9 Å². The molecule has 1 fully saturated rings. The fraction of sp³-hybridized carbons (Fsp3) is 0.615. The quantitative estimate of drug-likeness (QED) is 0.823. The van der Waals surface area contributed by atoms with Crippen LogP contribution in [0.4, 0.5) is 5.69 Å². The molecule has 0 atom stereocenters. The van der Waals surface area contributed by atoms with E-state index in [1.807, 2.05) is 10.6 Å². The predicted octanol–water partition coefficient (Wildman–Crippen LogP) is 0.828. The van der Waals surface area contributed by atoms with Gasteiger partial charge in [0.1, 0.15) is 0 Å². The zero-order valence-corrected chi connectivity index (χ0v) is 10.3. The summed E-state index contributed by atoms with van der Waals surface area (Å²) in [4.78, 5) is 14.4. The van der Waals surface area contributed by atoms with Gasteiger partial charge in [-0.25, -0.2) is 0 Å². The van der Waals surface area contributed by atoms with Gasteiger partial charge in [-0.05, 0) is 37.4 Å². The summed E-state index contributed by atoms with van der Waals surface area (Å²) in [5.74, 6) is 0.707. The first-order chi connectivity index (χ1) is 8.15. The van der Waals surface area contributed by atoms with Crippen molar-refractivity contribution in [2.45, 2.75) is 32.4 Å². The number of nitrogens with zero attached hydrogens (tertiary/aromatic N) is 2. The molecule has 2 aliphatic rings. The highest BCUT2D eigenvalue weighted by Crippen LogP contribution is 2.31. The molecule has 1 aromatic heterocycles. The topological polar surface area (TPSA) is 51.3 Å². The molecular weight excluding hydrogens is 214 g/mol. The summed E-state index contributed by atoms with van der Waals surface area (Å²) in [6, 6.07) is 1.87. The smallest absolute Gasteiger partial charge is 0.273 e. The second-order valence-electron chi connectivity index (χ2n) is 5.42. The van der Waals surface area contributed by atoms with Crippen molar-refractivity contribution in [1.29, 1.82) is 0 Å². The van der Waals surface area contributed by atoms with E-state index in [0.717, 1.165) is 26.1 Å². The van der Waals surface area contributed by atoms with E-state index in [2.05, 4.69) is 11.9 Å². The lowest BCUT2D eigenvalue weighted by atomic mass is 10.0. The fourth-order valence-electron chi connectivity index (χ4n) is 2.64. The average Bonchev–Trinajstić information content (AvgIpc) is 3.08. The molecule has 0 bridgehead atoms. The van der Waals surface area contributed by atoms with E-state index in [-0.39, 0.29) is 5.56 Å². The standard InChI is InChI=1S/C13H19N3O/c1-15-5-4-12-10(8-15)6-11(14)13(17)16(12)7-9-2-3-9/h6,9H,2-5,7-8,14H2,1H3. The molecule has 0 radical (unpaired) electrons. The van der Waals surface area contributed by atoms with Crippen LogP contribution in [0.3, 0.4) is 0 Å². The van der Waals surface area contributed by atoms with Gasteiger partial charge in [-0.1, -0.05) is 0 Å². The van der Waals surface area contributed by atoms with Crippen LogP contribution in [0.1, 0.15) is 24.1 Å². The van der Waals surface area contributed by atoms with Gasteiger partial charge in [-0.2, -0.15) is 0 Å². The van der Waals surface area contributed by atoms with Crippen molar-refractivity contribution in [2.24, 2.45) is 5.92 Å². The van der Waals surface area contributed by atoms with Gasteiger partial charge < -0.3 is 15.2 Å². The number of nitrogens with two attached hydrogens (primary N) is 1. The molecule has 0 saturated heterocycles. The van der Waals surface area contributed by atoms with Crippen molar-refractivity contribution < 1.29 is 0 Å². The number of anilines is 1. The molecule has 4 nitrogen and oxygen atoms in total. The SMILES string of the molecule is CN1CCc2c(cc(N)c(=O)n2CC2CC2)C1. The van der Waals surface area contributed by atoms with E-state index in [0.29, 0.717) is 11.6 Å². The maximum absolute atomic E-state index is 12.1. The largest absolute Gasteiger partial charge is 0.394 e. The van der Waals surface area contributed by atoms with Crippen molar-refractivity contribution in [3.63, 3.8) is 0 Å². The summed E-state index contributed by atoms with van der Waals surface area (Å²) in [6.45, 7) is 2.81. The zero-order valence-electron chi connectivity index (χ0n) is 10.3. The summed E-state index contributed by atoms with van der Waals surface area (Å²) in [5, 5.41) is 0. The van der Waals surface area contributed by atoms with Gasteiger partial charge in [0, 0.05) is 31.7 Å². The molecule has 2 N–H and O–H groups in total. The normalized spacial score (nSPS) is 20.3. The van der Waals surface area contributed by atoms with Gasteiger partial charge in [-0.15, -0.1) is 0 Å². The summed E-state index contributed by atoms with van der Waals surface area (Å²) >= 11 is 0. The van der Waals surface area contributed by atoms with Crippen LogP contribution in [0, 0.1) is 5.92 Å². The number of aromatic nitrogens is 1. The highest BCUT2D eigenvalue weighted by atomic mass is 16.1. The van der Waals surface area contributed by atoms with Gasteiger partial charge in [-0.3, -0.25) is 4.79 Å². The predicted molar refractivity (Wildman–Crippen MR) is 67.9 cm³/mol. The molecule has 1 aromatic rings. The van der Waals surface area contributed by atoms with E-state index >= 15 is 0 Å². The first-order valence-electron chi connectivity index (χ1n) is 6.35. The van der Waals surface area contributed by atoms with E-state index in [1.165, 1.54) is 24.1 Å². The molecule has 2 heterocycles. The molecule has 92 valence electrons. The Morgan fingerprint density at radius 2 is 2.24 bits per heavy atom. The molecule has 0 unspecified atom stereocenters. The molecule has 0 amide bonds. The minimum atomic E-state index is 0.0141. The zero-order chi connectivity index (χ0) is 12.0. The number of fused-ring (bicyclic) bond motifs is 1. The maximum Gasteiger partial charge on any atom is 0.273 e. The monoisotopic (exact) mass is 233 g/mol. The fourth-order valence-corrected chi connectivity index (χ4v) is 2.64. The molecule has 17 heavy (non-hydrogen) atoms. The molecule has 4 heteroatoms. The van der Waals surface area contributed by atoms with Crippen LogP contribution < -0.4 is 11.3 Å². The third-order valence-electron chi connectivity index (χ3n) is 3.83. The highest BCUT2D eigenvalue weighted by Gasteiger charge is 2.26. The highest BCUT2D eigenvalue weighted by molar-refractivity contribution is 5.42. The summed E-state index contributed by atoms with van der Waals surface area (Å²) in [7, 11) is 2.11. The van der Waals surface area contributed by atoms with Crippen LogP contribution >= 0.6 is 0 Å². The van der Waals surface area contributed by atoms with Crippen LogP contribution in [0.5, 0.6) is 0 Å². The second kappa shape index (κ2) is 3.88. The average molecular weight is 233 g/mol. The van der Waals surface area contributed by atoms with Crippen molar-refractivity contribution in [2.75, 3.05) is 19.3 Å². The number of pyridine rings is 1. The van der Waals surface area contributed by atoms with Crippen LogP contribution in [-0.2, 0) is 19.5 Å². The Labute approximate surface area is 101 Å². The number of hydrogen-bond donors (Lipinski definition) is 1. The Bertz CT molecular complexity index is 502. The van der Waals surface area contributed by atoms with Gasteiger partial charge in [0.05, 0.1) is 5.69 Å². The minimum Gasteiger partial charge on any atom is -0.394 e. The lowest BCUT2D eigenvalue weighted by Gasteiger charge is -2.27. The maximum atomic E-state index is 12.1. The summed E-state index contributed by atoms with van der Waals surface area (Å²) in [5.41, 5.74) is 8.70. The summed E-state index contributed by atoms with van der Waals surface area (Å²) in [6.07, 6.45) is 3.49. The molecule has 3 rings (SSSR count). The summed E-state index contributed by atoms with van der Waals surface area (Å²) < 4.78 is 1.94. The Morgan fingerprint density at radius 3 is 2.94 bits per heavy atom. The number of rotatable bonds is 2. The van der Waals surface area contributed by atoms with Gasteiger partial charge in [0.2, 0.25) is 0 Å². The third-order valence-corrected chi connectivity index (χ3v) is 3.83. The Hall–Kier alpha value is -1.29. The van der Waals surface area contributed by atoms with E-state index in [4.69, 9.17) is 5.73 Å². The van der Waals surface area contributed by atoms with Crippen LogP contribution in [0.2, 0.25) is 0 Å². The lowest BCUT2D eigenvalue weighted by molar-refractivity contribution is 0.303. The van der Waals surface area contributed by atoms with E-state index in [9.17, 15) is 4.79 Å². The molecule has 1 saturated carbocycles. The number of hydrogen-bond acceptors (Lipinski definition) is 3. The molecule has 1 aliphatic heterocycles.